The molecule has 1 aromatic heterocycles. The molecule has 9 heteroatoms. The van der Waals surface area contributed by atoms with E-state index in [4.69, 9.17) is 9.26 Å². The van der Waals surface area contributed by atoms with Gasteiger partial charge in [-0.2, -0.15) is 4.31 Å². The van der Waals surface area contributed by atoms with Crippen molar-refractivity contribution in [3.63, 3.8) is 0 Å². The van der Waals surface area contributed by atoms with Crippen LogP contribution in [0.5, 0.6) is 5.75 Å². The average Bonchev–Trinajstić information content (AvgIpc) is 3.28. The number of sulfonamides is 1. The van der Waals surface area contributed by atoms with Crippen LogP contribution in [-0.4, -0.2) is 49.5 Å². The lowest BCUT2D eigenvalue weighted by Crippen LogP contribution is -2.50. The molecular weight excluding hydrogens is 514 g/mol. The van der Waals surface area contributed by atoms with Crippen LogP contribution in [0.1, 0.15) is 53.5 Å². The fourth-order valence-electron chi connectivity index (χ4n) is 5.72. The van der Waals surface area contributed by atoms with Gasteiger partial charge in [0.25, 0.3) is 0 Å². The number of carbonyl (C=O) groups is 1. The van der Waals surface area contributed by atoms with Crippen molar-refractivity contribution in [2.24, 2.45) is 5.92 Å². The largest absolute Gasteiger partial charge is 0.487 e. The fourth-order valence-corrected chi connectivity index (χ4v) is 7.50. The molecule has 2 aromatic carbocycles. The van der Waals surface area contributed by atoms with Gasteiger partial charge in [-0.3, -0.25) is 4.79 Å². The zero-order chi connectivity index (χ0) is 27.9. The van der Waals surface area contributed by atoms with Crippen molar-refractivity contribution in [2.45, 2.75) is 58.5 Å². The van der Waals surface area contributed by atoms with Gasteiger partial charge in [-0.05, 0) is 82.4 Å². The van der Waals surface area contributed by atoms with E-state index in [2.05, 4.69) is 17.3 Å². The number of amides is 1. The van der Waals surface area contributed by atoms with Gasteiger partial charge in [-0.25, -0.2) is 8.42 Å². The Morgan fingerprint density at radius 2 is 1.77 bits per heavy atom. The Balaban J connectivity index is 1.40. The molecule has 8 nitrogen and oxygen atoms in total. The highest BCUT2D eigenvalue weighted by atomic mass is 32.2. The number of carbonyl (C=O) groups excluding carboxylic acids is 1. The van der Waals surface area contributed by atoms with Gasteiger partial charge < -0.3 is 14.2 Å². The molecule has 0 bridgehead atoms. The minimum Gasteiger partial charge on any atom is -0.487 e. The molecule has 1 amide bonds. The minimum atomic E-state index is -3.95. The molecule has 2 aliphatic rings. The molecule has 3 heterocycles. The van der Waals surface area contributed by atoms with Crippen molar-refractivity contribution >= 4 is 33.8 Å². The van der Waals surface area contributed by atoms with E-state index in [-0.39, 0.29) is 29.2 Å². The molecule has 1 saturated heterocycles. The van der Waals surface area contributed by atoms with E-state index in [1.807, 2.05) is 58.0 Å². The number of benzene rings is 2. The Morgan fingerprint density at radius 3 is 2.51 bits per heavy atom. The minimum absolute atomic E-state index is 0.0552. The zero-order valence-electron chi connectivity index (χ0n) is 23.1. The second-order valence-corrected chi connectivity index (χ2v) is 12.5. The molecule has 2 aliphatic heterocycles. The summed E-state index contributed by atoms with van der Waals surface area (Å²) in [5.41, 5.74) is 5.41. The molecule has 5 rings (SSSR count). The molecule has 206 valence electrons. The normalized spacial score (nSPS) is 20.2. The third-order valence-corrected chi connectivity index (χ3v) is 9.52. The van der Waals surface area contributed by atoms with Crippen LogP contribution < -0.4 is 9.64 Å². The van der Waals surface area contributed by atoms with Crippen LogP contribution in [-0.2, 0) is 14.8 Å². The summed E-state index contributed by atoms with van der Waals surface area (Å²) in [5.74, 6) is 0.325. The van der Waals surface area contributed by atoms with E-state index >= 15 is 0 Å². The summed E-state index contributed by atoms with van der Waals surface area (Å²) >= 11 is 0. The summed E-state index contributed by atoms with van der Waals surface area (Å²) in [5, 5.41) is 3.99. The van der Waals surface area contributed by atoms with Crippen molar-refractivity contribution in [1.29, 1.82) is 0 Å². The first-order valence-corrected chi connectivity index (χ1v) is 14.8. The SMILES string of the molecule is Cc1cc(C)c(/C=C/c2onc(C)c2S(=O)(=O)N2CCC[C@@H](C(=O)N3C[C@@H](C)Oc4ccccc43)C2)c(C)c1. The number of hydrogen-bond acceptors (Lipinski definition) is 6. The van der Waals surface area contributed by atoms with Crippen molar-refractivity contribution in [1.82, 2.24) is 9.46 Å². The molecule has 0 spiro atoms. The van der Waals surface area contributed by atoms with Gasteiger partial charge in [0.2, 0.25) is 15.9 Å². The van der Waals surface area contributed by atoms with Crippen LogP contribution in [0.3, 0.4) is 0 Å². The van der Waals surface area contributed by atoms with Crippen LogP contribution in [0.2, 0.25) is 0 Å². The lowest BCUT2D eigenvalue weighted by atomic mass is 9.97. The maximum Gasteiger partial charge on any atom is 0.248 e. The van der Waals surface area contributed by atoms with Crippen LogP contribution in [0, 0.1) is 33.6 Å². The van der Waals surface area contributed by atoms with E-state index in [1.165, 1.54) is 9.87 Å². The van der Waals surface area contributed by atoms with Gasteiger partial charge in [0, 0.05) is 13.1 Å². The smallest absolute Gasteiger partial charge is 0.248 e. The Kier molecular flexibility index (Phi) is 7.39. The van der Waals surface area contributed by atoms with E-state index in [0.29, 0.717) is 37.4 Å². The second-order valence-electron chi connectivity index (χ2n) is 10.7. The average molecular weight is 550 g/mol. The first-order chi connectivity index (χ1) is 18.6. The number of rotatable bonds is 5. The molecule has 39 heavy (non-hydrogen) atoms. The van der Waals surface area contributed by atoms with E-state index in [1.54, 1.807) is 17.9 Å². The number of aryl methyl sites for hydroxylation is 4. The summed E-state index contributed by atoms with van der Waals surface area (Å²) in [6.45, 7) is 10.5. The standard InChI is InChI=1S/C30H35N3O5S/c1-19-15-20(2)25(21(3)16-19)12-13-28-29(23(5)31-38-28)39(35,36)32-14-8-9-24(18-32)30(34)33-17-22(4)37-27-11-7-6-10-26(27)33/h6-7,10-13,15-16,22,24H,8-9,14,17-18H2,1-5H3/b13-12+/t22-,24-/m1/s1. The number of ether oxygens (including phenoxy) is 1. The summed E-state index contributed by atoms with van der Waals surface area (Å²) < 4.78 is 40.6. The Labute approximate surface area is 230 Å². The van der Waals surface area contributed by atoms with E-state index in [9.17, 15) is 13.2 Å². The van der Waals surface area contributed by atoms with Crippen LogP contribution >= 0.6 is 0 Å². The third-order valence-electron chi connectivity index (χ3n) is 7.49. The van der Waals surface area contributed by atoms with Gasteiger partial charge in [-0.1, -0.05) is 41.1 Å². The summed E-state index contributed by atoms with van der Waals surface area (Å²) in [6, 6.07) is 11.7. The number of hydrogen-bond donors (Lipinski definition) is 0. The highest BCUT2D eigenvalue weighted by Gasteiger charge is 2.39. The third kappa shape index (κ3) is 5.25. The van der Waals surface area contributed by atoms with Crippen molar-refractivity contribution in [3.05, 3.63) is 70.1 Å². The Hall–Kier alpha value is -3.43. The van der Waals surface area contributed by atoms with Gasteiger partial charge >= 0.3 is 0 Å². The number of aromatic nitrogens is 1. The van der Waals surface area contributed by atoms with Gasteiger partial charge in [0.05, 0.1) is 18.2 Å². The number of para-hydroxylation sites is 2. The quantitative estimate of drug-likeness (QED) is 0.429. The topological polar surface area (TPSA) is 93.0 Å². The van der Waals surface area contributed by atoms with Gasteiger partial charge in [0.1, 0.15) is 17.5 Å². The molecular formula is C30H35N3O5S. The van der Waals surface area contributed by atoms with E-state index < -0.39 is 15.9 Å². The number of fused-ring (bicyclic) bond motifs is 1. The zero-order valence-corrected chi connectivity index (χ0v) is 23.9. The molecule has 1 fully saturated rings. The van der Waals surface area contributed by atoms with Crippen molar-refractivity contribution in [2.75, 3.05) is 24.5 Å². The first-order valence-electron chi connectivity index (χ1n) is 13.4. The second kappa shape index (κ2) is 10.6. The molecule has 3 aromatic rings. The molecule has 0 saturated carbocycles. The Morgan fingerprint density at radius 1 is 1.05 bits per heavy atom. The maximum absolute atomic E-state index is 13.9. The first kappa shape index (κ1) is 27.1. The summed E-state index contributed by atoms with van der Waals surface area (Å²) in [6.07, 6.45) is 4.62. The highest BCUT2D eigenvalue weighted by molar-refractivity contribution is 7.89. The van der Waals surface area contributed by atoms with E-state index in [0.717, 1.165) is 22.4 Å². The monoisotopic (exact) mass is 549 g/mol. The van der Waals surface area contributed by atoms with Crippen molar-refractivity contribution in [3.8, 4) is 5.75 Å². The van der Waals surface area contributed by atoms with Gasteiger partial charge in [0.15, 0.2) is 10.7 Å². The molecule has 0 unspecified atom stereocenters. The molecule has 2 atom stereocenters. The Bertz CT molecular complexity index is 1520. The lowest BCUT2D eigenvalue weighted by Gasteiger charge is -2.38. The summed E-state index contributed by atoms with van der Waals surface area (Å²) in [7, 11) is -3.95. The van der Waals surface area contributed by atoms with Gasteiger partial charge in [-0.15, -0.1) is 0 Å². The number of nitrogens with zero attached hydrogens (tertiary/aromatic N) is 3. The number of anilines is 1. The predicted octanol–water partition coefficient (Wildman–Crippen LogP) is 5.29. The highest BCUT2D eigenvalue weighted by Crippen LogP contribution is 2.36. The van der Waals surface area contributed by atoms with Crippen LogP contribution in [0.15, 0.2) is 45.8 Å². The number of piperidine rings is 1. The summed E-state index contributed by atoms with van der Waals surface area (Å²) in [4.78, 5) is 15.5. The lowest BCUT2D eigenvalue weighted by molar-refractivity contribution is -0.123. The predicted molar refractivity (Wildman–Crippen MR) is 151 cm³/mol. The van der Waals surface area contributed by atoms with Crippen molar-refractivity contribution < 1.29 is 22.5 Å². The van der Waals surface area contributed by atoms with Crippen LogP contribution in [0.25, 0.3) is 12.2 Å². The molecule has 0 aliphatic carbocycles. The molecule has 0 N–H and O–H groups in total. The maximum atomic E-state index is 13.9. The van der Waals surface area contributed by atoms with Crippen LogP contribution in [0.4, 0.5) is 5.69 Å². The molecule has 0 radical (unpaired) electrons. The fraction of sp³-hybridized carbons (Fsp3) is 0.400.